The smallest absolute Gasteiger partial charge is 0.287 e. The van der Waals surface area contributed by atoms with Crippen LogP contribution in [-0.2, 0) is 9.47 Å². The number of allylic oxidation sites excluding steroid dienone is 1. The van der Waals surface area contributed by atoms with Crippen LogP contribution in [-0.4, -0.2) is 37.9 Å². The molecule has 1 aliphatic heterocycles. The largest absolute Gasteiger partial charge is 0.440 e. The fraction of sp³-hybridized carbons (Fsp3) is 0.533. The van der Waals surface area contributed by atoms with Crippen molar-refractivity contribution in [2.75, 3.05) is 19.8 Å². The Morgan fingerprint density at radius 3 is 3.00 bits per heavy atom. The predicted octanol–water partition coefficient (Wildman–Crippen LogP) is 2.80. The van der Waals surface area contributed by atoms with Gasteiger partial charge in [0.2, 0.25) is 0 Å². The van der Waals surface area contributed by atoms with Crippen LogP contribution < -0.4 is 5.32 Å². The zero-order chi connectivity index (χ0) is 15.2. The first-order valence-electron chi connectivity index (χ1n) is 6.95. The van der Waals surface area contributed by atoms with E-state index in [4.69, 9.17) is 25.5 Å². The molecule has 1 aromatic rings. The topological polar surface area (TPSA) is 60.7 Å². The van der Waals surface area contributed by atoms with Crippen LogP contribution in [0.15, 0.2) is 28.2 Å². The standard InChI is InChI=1S/C15H20ClNO4/c1-10(2)5-8-20-13-9-19-7-6-11(13)17-15(18)12-3-4-14(16)21-12/h3-5,11,13H,6-9H2,1-2H3,(H,17,18)/t11-,13-/m1/s1. The van der Waals surface area contributed by atoms with E-state index in [2.05, 4.69) is 5.32 Å². The van der Waals surface area contributed by atoms with Crippen LogP contribution in [0.5, 0.6) is 0 Å². The second-order valence-electron chi connectivity index (χ2n) is 5.20. The van der Waals surface area contributed by atoms with Crippen molar-refractivity contribution in [2.24, 2.45) is 0 Å². The second-order valence-corrected chi connectivity index (χ2v) is 5.57. The number of amides is 1. The van der Waals surface area contributed by atoms with Gasteiger partial charge < -0.3 is 19.2 Å². The first-order chi connectivity index (χ1) is 10.1. The molecule has 0 radical (unpaired) electrons. The van der Waals surface area contributed by atoms with E-state index in [0.29, 0.717) is 26.2 Å². The summed E-state index contributed by atoms with van der Waals surface area (Å²) in [5, 5.41) is 3.12. The number of carbonyl (C=O) groups excluding carboxylic acids is 1. The highest BCUT2D eigenvalue weighted by atomic mass is 35.5. The number of furan rings is 1. The summed E-state index contributed by atoms with van der Waals surface area (Å²) in [6.45, 7) is 5.61. The Morgan fingerprint density at radius 2 is 2.33 bits per heavy atom. The van der Waals surface area contributed by atoms with Gasteiger partial charge in [0.25, 0.3) is 5.91 Å². The first-order valence-corrected chi connectivity index (χ1v) is 7.33. The third-order valence-corrected chi connectivity index (χ3v) is 3.42. The van der Waals surface area contributed by atoms with Crippen LogP contribution >= 0.6 is 11.6 Å². The van der Waals surface area contributed by atoms with Crippen molar-refractivity contribution in [2.45, 2.75) is 32.4 Å². The van der Waals surface area contributed by atoms with Crippen LogP contribution in [0.1, 0.15) is 30.8 Å². The van der Waals surface area contributed by atoms with Crippen LogP contribution in [0, 0.1) is 0 Å². The Kier molecular flexibility index (Phi) is 5.85. The third-order valence-electron chi connectivity index (χ3n) is 3.22. The Hall–Kier alpha value is -1.30. The number of hydrogen-bond donors (Lipinski definition) is 1. The van der Waals surface area contributed by atoms with E-state index in [-0.39, 0.29) is 29.0 Å². The number of hydrogen-bond acceptors (Lipinski definition) is 4. The molecular formula is C15H20ClNO4. The molecule has 0 saturated carbocycles. The van der Waals surface area contributed by atoms with E-state index >= 15 is 0 Å². The fourth-order valence-electron chi connectivity index (χ4n) is 2.06. The highest BCUT2D eigenvalue weighted by Crippen LogP contribution is 2.16. The van der Waals surface area contributed by atoms with Crippen molar-refractivity contribution in [3.63, 3.8) is 0 Å². The van der Waals surface area contributed by atoms with Gasteiger partial charge in [-0.25, -0.2) is 0 Å². The van der Waals surface area contributed by atoms with Crippen molar-refractivity contribution in [3.8, 4) is 0 Å². The van der Waals surface area contributed by atoms with Crippen LogP contribution in [0.2, 0.25) is 5.22 Å². The number of rotatable bonds is 5. The molecule has 0 bridgehead atoms. The molecule has 1 saturated heterocycles. The van der Waals surface area contributed by atoms with E-state index in [1.807, 2.05) is 19.9 Å². The molecule has 6 heteroatoms. The third kappa shape index (κ3) is 4.88. The number of nitrogens with one attached hydrogen (secondary N) is 1. The van der Waals surface area contributed by atoms with E-state index in [1.165, 1.54) is 5.57 Å². The van der Waals surface area contributed by atoms with E-state index in [0.717, 1.165) is 0 Å². The number of carbonyl (C=O) groups is 1. The Bertz CT molecular complexity index is 508. The first kappa shape index (κ1) is 16.1. The van der Waals surface area contributed by atoms with Crippen molar-refractivity contribution in [1.82, 2.24) is 5.32 Å². The summed E-state index contributed by atoms with van der Waals surface area (Å²) in [6, 6.07) is 3.00. The maximum absolute atomic E-state index is 12.1. The van der Waals surface area contributed by atoms with E-state index < -0.39 is 0 Å². The normalized spacial score (nSPS) is 21.9. The lowest BCUT2D eigenvalue weighted by Crippen LogP contribution is -2.50. The van der Waals surface area contributed by atoms with Crippen molar-refractivity contribution in [1.29, 1.82) is 0 Å². The zero-order valence-corrected chi connectivity index (χ0v) is 13.0. The van der Waals surface area contributed by atoms with Gasteiger partial charge >= 0.3 is 0 Å². The van der Waals surface area contributed by atoms with Gasteiger partial charge in [0.1, 0.15) is 6.10 Å². The van der Waals surface area contributed by atoms with Crippen LogP contribution in [0.4, 0.5) is 0 Å². The molecule has 0 unspecified atom stereocenters. The van der Waals surface area contributed by atoms with Gasteiger partial charge in [-0.2, -0.15) is 0 Å². The summed E-state index contributed by atoms with van der Waals surface area (Å²) in [4.78, 5) is 12.1. The van der Waals surface area contributed by atoms with E-state index in [9.17, 15) is 4.79 Å². The molecule has 1 aromatic heterocycles. The molecule has 0 spiro atoms. The second kappa shape index (κ2) is 7.64. The molecule has 2 rings (SSSR count). The van der Waals surface area contributed by atoms with Crippen molar-refractivity contribution in [3.05, 3.63) is 34.8 Å². The zero-order valence-electron chi connectivity index (χ0n) is 12.2. The van der Waals surface area contributed by atoms with Crippen molar-refractivity contribution < 1.29 is 18.7 Å². The summed E-state index contributed by atoms with van der Waals surface area (Å²) in [5.74, 6) is -0.0841. The molecule has 2 heterocycles. The SMILES string of the molecule is CC(C)=CCO[C@@H]1COCC[C@H]1NC(=O)c1ccc(Cl)o1. The Labute approximate surface area is 129 Å². The molecule has 1 fully saturated rings. The van der Waals surface area contributed by atoms with Gasteiger partial charge in [-0.3, -0.25) is 4.79 Å². The minimum atomic E-state index is -0.287. The highest BCUT2D eigenvalue weighted by Gasteiger charge is 2.28. The number of ether oxygens (including phenoxy) is 2. The average molecular weight is 314 g/mol. The molecule has 1 aliphatic rings. The summed E-state index contributed by atoms with van der Waals surface area (Å²) >= 11 is 5.68. The molecule has 2 atom stereocenters. The highest BCUT2D eigenvalue weighted by molar-refractivity contribution is 6.29. The van der Waals surface area contributed by atoms with Gasteiger partial charge in [-0.15, -0.1) is 0 Å². The maximum Gasteiger partial charge on any atom is 0.287 e. The van der Waals surface area contributed by atoms with Gasteiger partial charge in [0.05, 0.1) is 19.3 Å². The summed E-state index contributed by atoms with van der Waals surface area (Å²) in [7, 11) is 0. The lowest BCUT2D eigenvalue weighted by atomic mass is 10.1. The summed E-state index contributed by atoms with van der Waals surface area (Å²) in [5.41, 5.74) is 1.19. The summed E-state index contributed by atoms with van der Waals surface area (Å²) in [6.07, 6.45) is 2.54. The minimum Gasteiger partial charge on any atom is -0.440 e. The quantitative estimate of drug-likeness (QED) is 0.849. The lowest BCUT2D eigenvalue weighted by Gasteiger charge is -2.31. The Morgan fingerprint density at radius 1 is 1.52 bits per heavy atom. The van der Waals surface area contributed by atoms with Gasteiger partial charge in [0, 0.05) is 6.61 Å². The van der Waals surface area contributed by atoms with Gasteiger partial charge in [-0.1, -0.05) is 11.6 Å². The average Bonchev–Trinajstić information content (AvgIpc) is 2.87. The molecule has 0 aromatic carbocycles. The molecule has 1 N–H and O–H groups in total. The van der Waals surface area contributed by atoms with Crippen LogP contribution in [0.3, 0.4) is 0 Å². The Balaban J connectivity index is 1.92. The van der Waals surface area contributed by atoms with E-state index in [1.54, 1.807) is 12.1 Å². The van der Waals surface area contributed by atoms with Gasteiger partial charge in [0.15, 0.2) is 11.0 Å². The van der Waals surface area contributed by atoms with Crippen molar-refractivity contribution >= 4 is 17.5 Å². The fourth-order valence-corrected chi connectivity index (χ4v) is 2.20. The maximum atomic E-state index is 12.1. The minimum absolute atomic E-state index is 0.0966. The lowest BCUT2D eigenvalue weighted by molar-refractivity contribution is -0.0590. The molecule has 1 amide bonds. The molecule has 21 heavy (non-hydrogen) atoms. The predicted molar refractivity (Wildman–Crippen MR) is 79.6 cm³/mol. The number of halogens is 1. The molecular weight excluding hydrogens is 294 g/mol. The van der Waals surface area contributed by atoms with Gasteiger partial charge in [-0.05, 0) is 44.0 Å². The molecule has 116 valence electrons. The summed E-state index contributed by atoms with van der Waals surface area (Å²) < 4.78 is 16.3. The molecule has 5 nitrogen and oxygen atoms in total. The monoisotopic (exact) mass is 313 g/mol. The van der Waals surface area contributed by atoms with Crippen LogP contribution in [0.25, 0.3) is 0 Å². The molecule has 0 aliphatic carbocycles.